The van der Waals surface area contributed by atoms with Crippen LogP contribution in [0.3, 0.4) is 0 Å². The average molecular weight is 495 g/mol. The Hall–Kier alpha value is -3.98. The summed E-state index contributed by atoms with van der Waals surface area (Å²) >= 11 is 0.962. The van der Waals surface area contributed by atoms with Crippen molar-refractivity contribution in [1.82, 2.24) is 5.32 Å². The summed E-state index contributed by atoms with van der Waals surface area (Å²) in [6.07, 6.45) is -1.23. The number of thiophene rings is 1. The first-order valence-electron chi connectivity index (χ1n) is 11.1. The lowest BCUT2D eigenvalue weighted by molar-refractivity contribution is 0.0526. The van der Waals surface area contributed by atoms with Crippen LogP contribution in [0.4, 0.5) is 5.00 Å². The van der Waals surface area contributed by atoms with Gasteiger partial charge in [-0.25, -0.2) is 9.59 Å². The minimum absolute atomic E-state index is 0.111. The van der Waals surface area contributed by atoms with Gasteiger partial charge in [-0.3, -0.25) is 9.59 Å². The van der Waals surface area contributed by atoms with Gasteiger partial charge in [0.1, 0.15) is 9.88 Å². The standard InChI is InChI=1S/C26H26N2O6S/c1-4-33-25(31)19-16(3)21(26(32)34-5-2)35-24(19)28-22(20(29)17-12-8-6-9-13-17)27-23(30)18-14-10-7-11-15-18/h6-15,22,28H,4-5H2,1-3H3,(H,27,30)/t22-/m1/s1. The van der Waals surface area contributed by atoms with Crippen molar-refractivity contribution < 1.29 is 28.7 Å². The molecule has 0 unspecified atom stereocenters. The topological polar surface area (TPSA) is 111 Å². The Bertz CT molecular complexity index is 1210. The largest absolute Gasteiger partial charge is 0.462 e. The van der Waals surface area contributed by atoms with Crippen LogP contribution in [0.2, 0.25) is 0 Å². The molecule has 35 heavy (non-hydrogen) atoms. The molecule has 1 amide bonds. The molecule has 1 heterocycles. The van der Waals surface area contributed by atoms with Gasteiger partial charge in [0.2, 0.25) is 5.78 Å². The van der Waals surface area contributed by atoms with Gasteiger partial charge in [0, 0.05) is 11.1 Å². The Labute approximate surface area is 207 Å². The van der Waals surface area contributed by atoms with Crippen LogP contribution < -0.4 is 10.6 Å². The number of carbonyl (C=O) groups is 4. The Kier molecular flexibility index (Phi) is 8.74. The van der Waals surface area contributed by atoms with E-state index in [9.17, 15) is 19.2 Å². The highest BCUT2D eigenvalue weighted by molar-refractivity contribution is 7.18. The number of nitrogens with one attached hydrogen (secondary N) is 2. The number of esters is 2. The number of rotatable bonds is 10. The van der Waals surface area contributed by atoms with Crippen LogP contribution in [-0.4, -0.2) is 43.0 Å². The van der Waals surface area contributed by atoms with Crippen LogP contribution in [0, 0.1) is 6.92 Å². The summed E-state index contributed by atoms with van der Waals surface area (Å²) in [4.78, 5) is 51.7. The van der Waals surface area contributed by atoms with Crippen LogP contribution in [0.1, 0.15) is 60.2 Å². The van der Waals surface area contributed by atoms with E-state index in [0.717, 1.165) is 11.3 Å². The minimum atomic E-state index is -1.23. The number of ketones is 1. The number of Topliss-reactive ketones (excluding diaryl/α,β-unsaturated/α-hetero) is 1. The number of ether oxygens (including phenoxy) is 2. The number of hydrogen-bond donors (Lipinski definition) is 2. The van der Waals surface area contributed by atoms with Crippen molar-refractivity contribution in [2.45, 2.75) is 26.9 Å². The van der Waals surface area contributed by atoms with E-state index in [-0.39, 0.29) is 28.7 Å². The normalized spacial score (nSPS) is 11.3. The van der Waals surface area contributed by atoms with Crippen molar-refractivity contribution in [3.05, 3.63) is 87.8 Å². The van der Waals surface area contributed by atoms with Gasteiger partial charge in [-0.2, -0.15) is 0 Å². The van der Waals surface area contributed by atoms with Gasteiger partial charge in [-0.1, -0.05) is 48.5 Å². The SMILES string of the molecule is CCOC(=O)c1sc(N[C@@H](NC(=O)c2ccccc2)C(=O)c2ccccc2)c(C(=O)OCC)c1C. The smallest absolute Gasteiger partial charge is 0.348 e. The van der Waals surface area contributed by atoms with Gasteiger partial charge >= 0.3 is 11.9 Å². The third-order valence-electron chi connectivity index (χ3n) is 4.99. The van der Waals surface area contributed by atoms with E-state index < -0.39 is 29.8 Å². The fraction of sp³-hybridized carbons (Fsp3) is 0.231. The van der Waals surface area contributed by atoms with Crippen molar-refractivity contribution >= 4 is 40.0 Å². The molecule has 0 aliphatic heterocycles. The highest BCUT2D eigenvalue weighted by atomic mass is 32.1. The highest BCUT2D eigenvalue weighted by Gasteiger charge is 2.30. The molecule has 0 saturated heterocycles. The molecule has 9 heteroatoms. The zero-order valence-corrected chi connectivity index (χ0v) is 20.4. The second kappa shape index (κ2) is 11.9. The molecule has 2 N–H and O–H groups in total. The summed E-state index contributed by atoms with van der Waals surface area (Å²) in [6.45, 7) is 5.24. The summed E-state index contributed by atoms with van der Waals surface area (Å²) in [6, 6.07) is 16.9. The predicted octanol–water partition coefficient (Wildman–Crippen LogP) is 4.46. The molecule has 1 aromatic heterocycles. The molecular weight excluding hydrogens is 468 g/mol. The van der Waals surface area contributed by atoms with Gasteiger partial charge in [0.15, 0.2) is 6.17 Å². The second-order valence-electron chi connectivity index (χ2n) is 7.35. The maximum atomic E-state index is 13.4. The van der Waals surface area contributed by atoms with Crippen LogP contribution in [0.25, 0.3) is 0 Å². The quantitative estimate of drug-likeness (QED) is 0.243. The maximum absolute atomic E-state index is 13.4. The van der Waals surface area contributed by atoms with Gasteiger partial charge in [-0.05, 0) is 38.5 Å². The van der Waals surface area contributed by atoms with Crippen molar-refractivity contribution in [2.75, 3.05) is 18.5 Å². The predicted molar refractivity (Wildman–Crippen MR) is 133 cm³/mol. The summed E-state index contributed by atoms with van der Waals surface area (Å²) in [5.41, 5.74) is 1.20. The first kappa shape index (κ1) is 25.6. The number of carbonyl (C=O) groups excluding carboxylic acids is 4. The van der Waals surface area contributed by atoms with E-state index in [2.05, 4.69) is 10.6 Å². The number of benzene rings is 2. The van der Waals surface area contributed by atoms with E-state index in [0.29, 0.717) is 16.7 Å². The molecule has 182 valence electrons. The molecule has 0 radical (unpaired) electrons. The zero-order chi connectivity index (χ0) is 25.4. The third kappa shape index (κ3) is 6.13. The monoisotopic (exact) mass is 494 g/mol. The molecule has 1 atom stereocenters. The first-order chi connectivity index (χ1) is 16.9. The second-order valence-corrected chi connectivity index (χ2v) is 8.37. The lowest BCUT2D eigenvalue weighted by atomic mass is 10.1. The van der Waals surface area contributed by atoms with Crippen LogP contribution in [0.15, 0.2) is 60.7 Å². The number of hydrogen-bond acceptors (Lipinski definition) is 8. The Balaban J connectivity index is 2.03. The van der Waals surface area contributed by atoms with Crippen molar-refractivity contribution in [1.29, 1.82) is 0 Å². The highest BCUT2D eigenvalue weighted by Crippen LogP contribution is 2.35. The fourth-order valence-electron chi connectivity index (χ4n) is 3.33. The molecule has 0 aliphatic rings. The minimum Gasteiger partial charge on any atom is -0.462 e. The Morgan fingerprint density at radius 2 is 1.37 bits per heavy atom. The molecule has 3 aromatic rings. The fourth-order valence-corrected chi connectivity index (χ4v) is 4.44. The van der Waals surface area contributed by atoms with Gasteiger partial charge in [-0.15, -0.1) is 11.3 Å². The van der Waals surface area contributed by atoms with Crippen molar-refractivity contribution in [3.63, 3.8) is 0 Å². The molecule has 0 saturated carbocycles. The van der Waals surface area contributed by atoms with E-state index in [1.165, 1.54) is 0 Å². The molecule has 2 aromatic carbocycles. The van der Waals surface area contributed by atoms with Crippen LogP contribution >= 0.6 is 11.3 Å². The average Bonchev–Trinajstić information content (AvgIpc) is 3.20. The summed E-state index contributed by atoms with van der Waals surface area (Å²) in [5, 5.41) is 5.89. The van der Waals surface area contributed by atoms with E-state index in [1.807, 2.05) is 0 Å². The van der Waals surface area contributed by atoms with E-state index >= 15 is 0 Å². The number of anilines is 1. The lowest BCUT2D eigenvalue weighted by Crippen LogP contribution is -2.46. The summed E-state index contributed by atoms with van der Waals surface area (Å²) in [5.74, 6) is -2.15. The van der Waals surface area contributed by atoms with Gasteiger partial charge in [0.25, 0.3) is 5.91 Å². The summed E-state index contributed by atoms with van der Waals surface area (Å²) < 4.78 is 10.3. The Morgan fingerprint density at radius 1 is 0.829 bits per heavy atom. The van der Waals surface area contributed by atoms with Gasteiger partial charge < -0.3 is 20.1 Å². The van der Waals surface area contributed by atoms with Crippen LogP contribution in [-0.2, 0) is 9.47 Å². The van der Waals surface area contributed by atoms with Crippen molar-refractivity contribution in [3.8, 4) is 0 Å². The molecule has 3 rings (SSSR count). The lowest BCUT2D eigenvalue weighted by Gasteiger charge is -2.20. The van der Waals surface area contributed by atoms with E-state index in [4.69, 9.17) is 9.47 Å². The summed E-state index contributed by atoms with van der Waals surface area (Å²) in [7, 11) is 0. The molecule has 8 nitrogen and oxygen atoms in total. The maximum Gasteiger partial charge on any atom is 0.348 e. The first-order valence-corrected chi connectivity index (χ1v) is 11.9. The molecule has 0 fully saturated rings. The Morgan fingerprint density at radius 3 is 1.94 bits per heavy atom. The third-order valence-corrected chi connectivity index (χ3v) is 6.20. The zero-order valence-electron chi connectivity index (χ0n) is 19.6. The van der Waals surface area contributed by atoms with Crippen molar-refractivity contribution in [2.24, 2.45) is 0 Å². The molecule has 0 bridgehead atoms. The number of amides is 1. The molecular formula is C26H26N2O6S. The van der Waals surface area contributed by atoms with Gasteiger partial charge in [0.05, 0.1) is 18.8 Å². The van der Waals surface area contributed by atoms with E-state index in [1.54, 1.807) is 81.4 Å². The van der Waals surface area contributed by atoms with Crippen LogP contribution in [0.5, 0.6) is 0 Å². The molecule has 0 aliphatic carbocycles. The molecule has 0 spiro atoms.